The molecule has 1 aromatic rings. The van der Waals surface area contributed by atoms with Crippen LogP contribution in [0.5, 0.6) is 0 Å². The molecule has 134 valence electrons. The summed E-state index contributed by atoms with van der Waals surface area (Å²) in [7, 11) is 0. The molecule has 1 atom stereocenters. The molecule has 0 bridgehead atoms. The Morgan fingerprint density at radius 2 is 2.00 bits per heavy atom. The van der Waals surface area contributed by atoms with Crippen molar-refractivity contribution in [3.05, 3.63) is 33.3 Å². The number of piperidine rings is 1. The maximum Gasteiger partial charge on any atom is 0.223 e. The zero-order valence-electron chi connectivity index (χ0n) is 14.0. The zero-order valence-corrected chi connectivity index (χ0v) is 16.3. The van der Waals surface area contributed by atoms with Gasteiger partial charge in [-0.3, -0.25) is 4.79 Å². The van der Waals surface area contributed by atoms with Gasteiger partial charge in [-0.1, -0.05) is 23.2 Å². The molecule has 0 aromatic heterocycles. The summed E-state index contributed by atoms with van der Waals surface area (Å²) in [5.41, 5.74) is 2.25. The van der Waals surface area contributed by atoms with E-state index < -0.39 is 0 Å². The first kappa shape index (κ1) is 19.8. The summed E-state index contributed by atoms with van der Waals surface area (Å²) in [6, 6.07) is 3.79. The number of nitrogens with zero attached hydrogens (tertiary/aromatic N) is 1. The van der Waals surface area contributed by atoms with Gasteiger partial charge in [0.25, 0.3) is 0 Å². The number of hydrogen-bond acceptors (Lipinski definition) is 2. The Balaban J connectivity index is 0.00000208. The fraction of sp³-hybridized carbons (Fsp3) is 0.611. The SMILES string of the molecule is CC1c2c(Cl)cc(Cl)cc2CCN1C(=O)CCC1CCNCC1.Cl. The van der Waals surface area contributed by atoms with Gasteiger partial charge in [-0.2, -0.15) is 0 Å². The van der Waals surface area contributed by atoms with Crippen LogP contribution in [-0.4, -0.2) is 30.4 Å². The molecule has 1 aromatic carbocycles. The molecular weight excluding hydrogens is 367 g/mol. The Labute approximate surface area is 160 Å². The summed E-state index contributed by atoms with van der Waals surface area (Å²) < 4.78 is 0. The third-order valence-corrected chi connectivity index (χ3v) is 5.76. The van der Waals surface area contributed by atoms with Crippen molar-refractivity contribution >= 4 is 41.5 Å². The highest BCUT2D eigenvalue weighted by molar-refractivity contribution is 6.35. The van der Waals surface area contributed by atoms with Crippen molar-refractivity contribution < 1.29 is 4.79 Å². The van der Waals surface area contributed by atoms with E-state index in [0.717, 1.165) is 38.0 Å². The molecule has 0 saturated carbocycles. The first-order chi connectivity index (χ1) is 11.1. The minimum absolute atomic E-state index is 0. The number of carbonyl (C=O) groups excluding carboxylic acids is 1. The normalized spacial score (nSPS) is 21.1. The molecule has 1 amide bonds. The third kappa shape index (κ3) is 4.37. The summed E-state index contributed by atoms with van der Waals surface area (Å²) in [5, 5.41) is 4.72. The van der Waals surface area contributed by atoms with E-state index in [0.29, 0.717) is 22.4 Å². The number of halogens is 3. The lowest BCUT2D eigenvalue weighted by Gasteiger charge is -2.36. The van der Waals surface area contributed by atoms with Crippen LogP contribution in [0.1, 0.15) is 49.8 Å². The fourth-order valence-corrected chi connectivity index (χ4v) is 4.58. The molecule has 2 heterocycles. The van der Waals surface area contributed by atoms with Gasteiger partial charge in [-0.25, -0.2) is 0 Å². The summed E-state index contributed by atoms with van der Waals surface area (Å²) in [4.78, 5) is 14.7. The van der Waals surface area contributed by atoms with Crippen molar-refractivity contribution in [3.63, 3.8) is 0 Å². The summed E-state index contributed by atoms with van der Waals surface area (Å²) in [6.07, 6.45) is 4.87. The fourth-order valence-electron chi connectivity index (χ4n) is 3.89. The topological polar surface area (TPSA) is 32.3 Å². The number of benzene rings is 1. The second-order valence-corrected chi connectivity index (χ2v) is 7.55. The van der Waals surface area contributed by atoms with E-state index in [-0.39, 0.29) is 24.4 Å². The molecule has 0 aliphatic carbocycles. The maximum absolute atomic E-state index is 12.7. The Morgan fingerprint density at radius 3 is 2.71 bits per heavy atom. The molecule has 1 N–H and O–H groups in total. The molecule has 6 heteroatoms. The average molecular weight is 392 g/mol. The van der Waals surface area contributed by atoms with Crippen molar-refractivity contribution in [2.24, 2.45) is 5.92 Å². The molecule has 0 radical (unpaired) electrons. The van der Waals surface area contributed by atoms with E-state index in [1.54, 1.807) is 6.07 Å². The van der Waals surface area contributed by atoms with Crippen molar-refractivity contribution in [1.82, 2.24) is 10.2 Å². The molecule has 24 heavy (non-hydrogen) atoms. The van der Waals surface area contributed by atoms with E-state index in [9.17, 15) is 4.79 Å². The standard InChI is InChI=1S/C18H24Cl2N2O.ClH/c1-12-18-14(10-15(19)11-16(18)20)6-9-22(12)17(23)3-2-13-4-7-21-8-5-13;/h10-13,21H,2-9H2,1H3;1H. The first-order valence-corrected chi connectivity index (χ1v) is 9.30. The Kier molecular flexibility index (Phi) is 7.23. The van der Waals surface area contributed by atoms with Crippen LogP contribution < -0.4 is 5.32 Å². The van der Waals surface area contributed by atoms with Crippen LogP contribution in [0.3, 0.4) is 0 Å². The third-order valence-electron chi connectivity index (χ3n) is 5.23. The highest BCUT2D eigenvalue weighted by Crippen LogP contribution is 2.37. The van der Waals surface area contributed by atoms with Gasteiger partial charge in [0.05, 0.1) is 6.04 Å². The van der Waals surface area contributed by atoms with Crippen LogP contribution in [-0.2, 0) is 11.2 Å². The van der Waals surface area contributed by atoms with Crippen molar-refractivity contribution in [1.29, 1.82) is 0 Å². The van der Waals surface area contributed by atoms with Gasteiger partial charge < -0.3 is 10.2 Å². The maximum atomic E-state index is 12.7. The molecule has 1 fully saturated rings. The Morgan fingerprint density at radius 1 is 1.29 bits per heavy atom. The van der Waals surface area contributed by atoms with E-state index in [1.165, 1.54) is 18.4 Å². The molecule has 3 rings (SSSR count). The van der Waals surface area contributed by atoms with Crippen molar-refractivity contribution in [3.8, 4) is 0 Å². The van der Waals surface area contributed by atoms with Gasteiger partial charge in [0.1, 0.15) is 0 Å². The molecular formula is C18H25Cl3N2O. The number of hydrogen-bond donors (Lipinski definition) is 1. The van der Waals surface area contributed by atoms with Gasteiger partial charge in [-0.05, 0) is 74.9 Å². The first-order valence-electron chi connectivity index (χ1n) is 8.54. The summed E-state index contributed by atoms with van der Waals surface area (Å²) in [6.45, 7) is 5.00. The Hall–Kier alpha value is -0.480. The van der Waals surface area contributed by atoms with Crippen LogP contribution in [0.25, 0.3) is 0 Å². The van der Waals surface area contributed by atoms with Crippen LogP contribution in [0.2, 0.25) is 10.0 Å². The molecule has 0 spiro atoms. The number of carbonyl (C=O) groups is 1. The van der Waals surface area contributed by atoms with Gasteiger partial charge in [-0.15, -0.1) is 12.4 Å². The number of rotatable bonds is 3. The number of amides is 1. The Bertz CT molecular complexity index is 588. The van der Waals surface area contributed by atoms with Crippen LogP contribution in [0.15, 0.2) is 12.1 Å². The van der Waals surface area contributed by atoms with Crippen LogP contribution in [0, 0.1) is 5.92 Å². The van der Waals surface area contributed by atoms with Crippen molar-refractivity contribution in [2.75, 3.05) is 19.6 Å². The predicted octanol–water partition coefficient (Wildman–Crippen LogP) is 4.64. The van der Waals surface area contributed by atoms with E-state index in [4.69, 9.17) is 23.2 Å². The number of fused-ring (bicyclic) bond motifs is 1. The molecule has 1 saturated heterocycles. The summed E-state index contributed by atoms with van der Waals surface area (Å²) in [5.74, 6) is 0.947. The van der Waals surface area contributed by atoms with Gasteiger partial charge >= 0.3 is 0 Å². The minimum atomic E-state index is 0. The van der Waals surface area contributed by atoms with Crippen LogP contribution in [0.4, 0.5) is 0 Å². The van der Waals surface area contributed by atoms with E-state index >= 15 is 0 Å². The lowest BCUT2D eigenvalue weighted by molar-refractivity contribution is -0.134. The predicted molar refractivity (Wildman–Crippen MR) is 102 cm³/mol. The lowest BCUT2D eigenvalue weighted by atomic mass is 9.91. The van der Waals surface area contributed by atoms with Gasteiger partial charge in [0.15, 0.2) is 0 Å². The second-order valence-electron chi connectivity index (χ2n) is 6.71. The van der Waals surface area contributed by atoms with E-state index in [2.05, 4.69) is 12.2 Å². The quantitative estimate of drug-likeness (QED) is 0.814. The zero-order chi connectivity index (χ0) is 16.4. The van der Waals surface area contributed by atoms with E-state index in [1.807, 2.05) is 11.0 Å². The van der Waals surface area contributed by atoms with Gasteiger partial charge in [0, 0.05) is 23.0 Å². The smallest absolute Gasteiger partial charge is 0.223 e. The average Bonchev–Trinajstić information content (AvgIpc) is 2.53. The monoisotopic (exact) mass is 390 g/mol. The molecule has 2 aliphatic rings. The van der Waals surface area contributed by atoms with Crippen molar-refractivity contribution in [2.45, 2.75) is 45.1 Å². The molecule has 1 unspecified atom stereocenters. The van der Waals surface area contributed by atoms with Crippen LogP contribution >= 0.6 is 35.6 Å². The highest BCUT2D eigenvalue weighted by Gasteiger charge is 2.29. The summed E-state index contributed by atoms with van der Waals surface area (Å²) >= 11 is 12.5. The largest absolute Gasteiger partial charge is 0.336 e. The number of nitrogens with one attached hydrogen (secondary N) is 1. The molecule has 2 aliphatic heterocycles. The second kappa shape index (κ2) is 8.75. The lowest BCUT2D eigenvalue weighted by Crippen LogP contribution is -2.39. The molecule has 3 nitrogen and oxygen atoms in total. The minimum Gasteiger partial charge on any atom is -0.336 e. The van der Waals surface area contributed by atoms with Gasteiger partial charge in [0.2, 0.25) is 5.91 Å². The highest BCUT2D eigenvalue weighted by atomic mass is 35.5.